The van der Waals surface area contributed by atoms with Gasteiger partial charge in [-0.1, -0.05) is 13.8 Å². The maximum Gasteiger partial charge on any atom is 0.134 e. The summed E-state index contributed by atoms with van der Waals surface area (Å²) in [5, 5.41) is 1.86. The zero-order valence-corrected chi connectivity index (χ0v) is 12.8. The number of hydrogen-bond donors (Lipinski definition) is 0. The van der Waals surface area contributed by atoms with E-state index >= 15 is 0 Å². The Kier molecular flexibility index (Phi) is 3.91. The van der Waals surface area contributed by atoms with Crippen LogP contribution >= 0.6 is 23.5 Å². The monoisotopic (exact) mass is 283 g/mol. The minimum atomic E-state index is 0.647. The average molecular weight is 283 g/mol. The normalized spacial score (nSPS) is 32.7. The molecule has 2 atom stereocenters. The summed E-state index contributed by atoms with van der Waals surface area (Å²) in [6, 6.07) is 0. The maximum absolute atomic E-state index is 4.63. The third-order valence-electron chi connectivity index (χ3n) is 4.38. The van der Waals surface area contributed by atoms with Gasteiger partial charge in [-0.05, 0) is 38.3 Å². The van der Waals surface area contributed by atoms with E-state index in [9.17, 15) is 0 Å². The second-order valence-electron chi connectivity index (χ2n) is 5.54. The first kappa shape index (κ1) is 12.9. The van der Waals surface area contributed by atoms with Crippen LogP contribution in [-0.2, 0) is 0 Å². The molecule has 3 saturated heterocycles. The van der Waals surface area contributed by atoms with Crippen molar-refractivity contribution < 1.29 is 0 Å². The standard InChI is InChI=1S/C13H21N3S2/c1-3-9(2)17-13-12(14-18-15-13)11-8-16-6-4-10(11)5-7-16/h9-11H,3-8H2,1-2H3. The molecule has 2 bridgehead atoms. The molecule has 100 valence electrons. The van der Waals surface area contributed by atoms with E-state index in [0.29, 0.717) is 11.2 Å². The van der Waals surface area contributed by atoms with Crippen LogP contribution in [0.3, 0.4) is 0 Å². The van der Waals surface area contributed by atoms with Crippen LogP contribution in [0.5, 0.6) is 0 Å². The Bertz CT molecular complexity index is 399. The molecule has 0 amide bonds. The van der Waals surface area contributed by atoms with Gasteiger partial charge in [-0.15, -0.1) is 11.8 Å². The molecule has 3 aliphatic heterocycles. The number of rotatable bonds is 4. The van der Waals surface area contributed by atoms with Gasteiger partial charge in [0.1, 0.15) is 5.03 Å². The van der Waals surface area contributed by atoms with E-state index in [-0.39, 0.29) is 0 Å². The van der Waals surface area contributed by atoms with E-state index in [1.807, 2.05) is 11.8 Å². The van der Waals surface area contributed by atoms with Crippen LogP contribution in [-0.4, -0.2) is 38.5 Å². The molecule has 0 N–H and O–H groups in total. The molecule has 0 aromatic carbocycles. The van der Waals surface area contributed by atoms with Crippen LogP contribution in [0.15, 0.2) is 5.03 Å². The summed E-state index contributed by atoms with van der Waals surface area (Å²) >= 11 is 3.32. The number of hydrogen-bond acceptors (Lipinski definition) is 5. The number of piperidine rings is 3. The molecular formula is C13H21N3S2. The van der Waals surface area contributed by atoms with E-state index in [2.05, 4.69) is 27.5 Å². The largest absolute Gasteiger partial charge is 0.303 e. The van der Waals surface area contributed by atoms with Crippen molar-refractivity contribution in [3.63, 3.8) is 0 Å². The molecule has 0 saturated carbocycles. The van der Waals surface area contributed by atoms with Crippen molar-refractivity contribution in [1.29, 1.82) is 0 Å². The highest BCUT2D eigenvalue weighted by molar-refractivity contribution is 7.99. The van der Waals surface area contributed by atoms with Crippen LogP contribution in [0.4, 0.5) is 0 Å². The maximum atomic E-state index is 4.63. The van der Waals surface area contributed by atoms with Gasteiger partial charge in [0.15, 0.2) is 0 Å². The van der Waals surface area contributed by atoms with Gasteiger partial charge in [0.05, 0.1) is 17.4 Å². The summed E-state index contributed by atoms with van der Waals surface area (Å²) in [6.45, 7) is 8.33. The molecule has 4 heterocycles. The fourth-order valence-corrected chi connectivity index (χ4v) is 4.76. The van der Waals surface area contributed by atoms with Gasteiger partial charge in [-0.3, -0.25) is 0 Å². The second kappa shape index (κ2) is 5.47. The smallest absolute Gasteiger partial charge is 0.134 e. The molecule has 0 radical (unpaired) electrons. The SMILES string of the molecule is CCC(C)Sc1nsnc1C1CN2CCC1CC2. The van der Waals surface area contributed by atoms with Crippen molar-refractivity contribution in [1.82, 2.24) is 13.6 Å². The lowest BCUT2D eigenvalue weighted by Crippen LogP contribution is -2.46. The van der Waals surface area contributed by atoms with Gasteiger partial charge in [-0.25, -0.2) is 0 Å². The Morgan fingerprint density at radius 3 is 2.78 bits per heavy atom. The Labute approximate surface area is 118 Å². The summed E-state index contributed by atoms with van der Waals surface area (Å²) < 4.78 is 9.17. The highest BCUT2D eigenvalue weighted by Crippen LogP contribution is 2.42. The van der Waals surface area contributed by atoms with Crippen LogP contribution in [0, 0.1) is 5.92 Å². The Balaban J connectivity index is 1.78. The van der Waals surface area contributed by atoms with Crippen molar-refractivity contribution in [2.24, 2.45) is 5.92 Å². The molecule has 5 heteroatoms. The lowest BCUT2D eigenvalue weighted by atomic mass is 9.78. The van der Waals surface area contributed by atoms with E-state index in [1.165, 1.54) is 61.3 Å². The Hall–Kier alpha value is -0.130. The summed E-state index contributed by atoms with van der Waals surface area (Å²) in [5.41, 5.74) is 1.31. The molecule has 0 spiro atoms. The minimum absolute atomic E-state index is 0.647. The van der Waals surface area contributed by atoms with Gasteiger partial charge in [0, 0.05) is 17.7 Å². The van der Waals surface area contributed by atoms with E-state index in [4.69, 9.17) is 0 Å². The molecule has 3 fully saturated rings. The first-order valence-electron chi connectivity index (χ1n) is 6.99. The zero-order valence-electron chi connectivity index (χ0n) is 11.1. The summed E-state index contributed by atoms with van der Waals surface area (Å²) in [7, 11) is 0. The molecule has 3 nitrogen and oxygen atoms in total. The lowest BCUT2D eigenvalue weighted by molar-refractivity contribution is 0.0846. The molecule has 4 rings (SSSR count). The highest BCUT2D eigenvalue weighted by atomic mass is 32.2. The zero-order chi connectivity index (χ0) is 12.5. The van der Waals surface area contributed by atoms with Crippen LogP contribution < -0.4 is 0 Å². The lowest BCUT2D eigenvalue weighted by Gasteiger charge is -2.44. The molecule has 1 aromatic heterocycles. The second-order valence-corrected chi connectivity index (χ2v) is 7.49. The first-order valence-corrected chi connectivity index (χ1v) is 8.60. The van der Waals surface area contributed by atoms with Crippen LogP contribution in [0.25, 0.3) is 0 Å². The van der Waals surface area contributed by atoms with Gasteiger partial charge in [-0.2, -0.15) is 8.75 Å². The third kappa shape index (κ3) is 2.45. The van der Waals surface area contributed by atoms with E-state index in [1.54, 1.807) is 0 Å². The fourth-order valence-electron chi connectivity index (χ4n) is 3.04. The average Bonchev–Trinajstić information content (AvgIpc) is 2.88. The molecule has 18 heavy (non-hydrogen) atoms. The summed E-state index contributed by atoms with van der Waals surface area (Å²) in [5.74, 6) is 1.51. The van der Waals surface area contributed by atoms with E-state index in [0.717, 1.165) is 5.92 Å². The van der Waals surface area contributed by atoms with Crippen molar-refractivity contribution in [2.45, 2.75) is 49.3 Å². The van der Waals surface area contributed by atoms with Gasteiger partial charge >= 0.3 is 0 Å². The van der Waals surface area contributed by atoms with Gasteiger partial charge in [0.2, 0.25) is 0 Å². The summed E-state index contributed by atoms with van der Waals surface area (Å²) in [4.78, 5) is 2.60. The molecular weight excluding hydrogens is 262 g/mol. The Morgan fingerprint density at radius 1 is 1.39 bits per heavy atom. The highest BCUT2D eigenvalue weighted by Gasteiger charge is 2.37. The van der Waals surface area contributed by atoms with Crippen LogP contribution in [0.2, 0.25) is 0 Å². The fraction of sp³-hybridized carbons (Fsp3) is 0.846. The van der Waals surface area contributed by atoms with E-state index < -0.39 is 0 Å². The van der Waals surface area contributed by atoms with Crippen molar-refractivity contribution in [3.05, 3.63) is 5.69 Å². The van der Waals surface area contributed by atoms with Crippen molar-refractivity contribution in [3.8, 4) is 0 Å². The molecule has 2 unspecified atom stereocenters. The number of fused-ring (bicyclic) bond motifs is 3. The van der Waals surface area contributed by atoms with Crippen molar-refractivity contribution in [2.75, 3.05) is 19.6 Å². The molecule has 1 aromatic rings. The van der Waals surface area contributed by atoms with Gasteiger partial charge in [0.25, 0.3) is 0 Å². The third-order valence-corrected chi connectivity index (χ3v) is 6.29. The van der Waals surface area contributed by atoms with Gasteiger partial charge < -0.3 is 4.90 Å². The number of thioether (sulfide) groups is 1. The number of nitrogens with zero attached hydrogens (tertiary/aromatic N) is 3. The quantitative estimate of drug-likeness (QED) is 0.793. The van der Waals surface area contributed by atoms with Crippen molar-refractivity contribution >= 4 is 23.5 Å². The summed E-state index contributed by atoms with van der Waals surface area (Å²) in [6.07, 6.45) is 3.91. The first-order chi connectivity index (χ1) is 8.78. The molecule has 3 aliphatic rings. The minimum Gasteiger partial charge on any atom is -0.303 e. The Morgan fingerprint density at radius 2 is 2.17 bits per heavy atom. The predicted octanol–water partition coefficient (Wildman–Crippen LogP) is 3.24. The predicted molar refractivity (Wildman–Crippen MR) is 77.4 cm³/mol. The number of aromatic nitrogens is 2. The van der Waals surface area contributed by atoms with Crippen LogP contribution in [0.1, 0.15) is 44.7 Å². The molecule has 0 aliphatic carbocycles. The topological polar surface area (TPSA) is 29.0 Å².